The fourth-order valence-corrected chi connectivity index (χ4v) is 2.68. The number of likely N-dealkylation sites (N-methyl/N-ethyl adjacent to an activating group) is 1. The number of aliphatic imine (C=N–C) groups is 1. The molecule has 0 aromatic heterocycles. The van der Waals surface area contributed by atoms with Gasteiger partial charge >= 0.3 is 6.09 Å². The van der Waals surface area contributed by atoms with E-state index >= 15 is 0 Å². The van der Waals surface area contributed by atoms with Crippen molar-refractivity contribution >= 4 is 12.1 Å². The Balaban J connectivity index is 4.24. The Hall–Kier alpha value is -1.50. The number of ether oxygens (including phenoxy) is 1. The Kier molecular flexibility index (Phi) is 12.9. The Morgan fingerprint density at radius 1 is 1.11 bits per heavy atom. The zero-order valence-electron chi connectivity index (χ0n) is 18.9. The van der Waals surface area contributed by atoms with Gasteiger partial charge in [-0.2, -0.15) is 0 Å². The van der Waals surface area contributed by atoms with Crippen molar-refractivity contribution in [1.29, 1.82) is 0 Å². The minimum absolute atomic E-state index is 0.278. The van der Waals surface area contributed by atoms with Crippen molar-refractivity contribution < 1.29 is 9.53 Å². The highest BCUT2D eigenvalue weighted by molar-refractivity contribution is 5.80. The van der Waals surface area contributed by atoms with Crippen LogP contribution in [0.15, 0.2) is 4.99 Å². The number of rotatable bonds is 11. The van der Waals surface area contributed by atoms with Crippen LogP contribution in [0.2, 0.25) is 0 Å². The topological polar surface area (TPSA) is 69.2 Å². The number of nitrogens with zero attached hydrogens (tertiary/aromatic N) is 3. The molecule has 7 nitrogen and oxygen atoms in total. The summed E-state index contributed by atoms with van der Waals surface area (Å²) in [5, 5.41) is 6.70. The third-order valence-electron chi connectivity index (χ3n) is 4.32. The molecule has 0 aliphatic rings. The van der Waals surface area contributed by atoms with E-state index in [4.69, 9.17) is 4.74 Å². The molecule has 0 fully saturated rings. The number of nitrogens with one attached hydrogen (secondary N) is 2. The summed E-state index contributed by atoms with van der Waals surface area (Å²) in [6.45, 7) is 19.3. The molecule has 1 atom stereocenters. The molecule has 0 saturated heterocycles. The molecule has 0 aromatic carbocycles. The predicted molar refractivity (Wildman–Crippen MR) is 114 cm³/mol. The predicted octanol–water partition coefficient (Wildman–Crippen LogP) is 2.92. The summed E-state index contributed by atoms with van der Waals surface area (Å²) in [7, 11) is 1.77. The summed E-state index contributed by atoms with van der Waals surface area (Å²) in [4.78, 5) is 20.6. The van der Waals surface area contributed by atoms with E-state index in [1.165, 1.54) is 0 Å². The minimum Gasteiger partial charge on any atom is -0.444 e. The maximum absolute atomic E-state index is 12.2. The van der Waals surface area contributed by atoms with Gasteiger partial charge in [-0.15, -0.1) is 0 Å². The van der Waals surface area contributed by atoms with E-state index in [2.05, 4.69) is 41.3 Å². The first-order valence-corrected chi connectivity index (χ1v) is 10.3. The maximum Gasteiger partial charge on any atom is 0.410 e. The van der Waals surface area contributed by atoms with Crippen molar-refractivity contribution in [3.8, 4) is 0 Å². The molecule has 0 aliphatic carbocycles. The molecule has 0 bridgehead atoms. The smallest absolute Gasteiger partial charge is 0.410 e. The quantitative estimate of drug-likeness (QED) is 0.423. The van der Waals surface area contributed by atoms with Gasteiger partial charge in [0.15, 0.2) is 5.96 Å². The highest BCUT2D eigenvalue weighted by atomic mass is 16.6. The molecule has 0 aliphatic heterocycles. The van der Waals surface area contributed by atoms with Crippen LogP contribution >= 0.6 is 0 Å². The summed E-state index contributed by atoms with van der Waals surface area (Å²) < 4.78 is 5.43. The van der Waals surface area contributed by atoms with E-state index < -0.39 is 5.60 Å². The fourth-order valence-electron chi connectivity index (χ4n) is 2.68. The Bertz CT molecular complexity index is 431. The van der Waals surface area contributed by atoms with Crippen LogP contribution in [-0.2, 0) is 4.74 Å². The van der Waals surface area contributed by atoms with Crippen molar-refractivity contribution in [2.24, 2.45) is 4.99 Å². The molecular weight excluding hydrogens is 342 g/mol. The van der Waals surface area contributed by atoms with E-state index in [1.807, 2.05) is 27.7 Å². The second kappa shape index (κ2) is 13.6. The van der Waals surface area contributed by atoms with Gasteiger partial charge in [0.1, 0.15) is 5.60 Å². The van der Waals surface area contributed by atoms with Gasteiger partial charge in [-0.3, -0.25) is 4.99 Å². The van der Waals surface area contributed by atoms with Crippen molar-refractivity contribution in [1.82, 2.24) is 20.4 Å². The Morgan fingerprint density at radius 2 is 1.74 bits per heavy atom. The standard InChI is InChI=1S/C20H43N5O2/c1-9-24(10-2)15-12-13-17(4)23-18(21-8)22-14-16-25(11-3)19(26)27-20(5,6)7/h17H,9-16H2,1-8H3,(H2,21,22,23). The van der Waals surface area contributed by atoms with Gasteiger partial charge in [-0.1, -0.05) is 13.8 Å². The molecule has 0 heterocycles. The van der Waals surface area contributed by atoms with Gasteiger partial charge < -0.3 is 25.2 Å². The molecular formula is C20H43N5O2. The first-order chi connectivity index (χ1) is 12.7. The summed E-state index contributed by atoms with van der Waals surface area (Å²) >= 11 is 0. The number of guanidine groups is 1. The summed E-state index contributed by atoms with van der Waals surface area (Å²) in [5.74, 6) is 0.769. The maximum atomic E-state index is 12.2. The number of hydrogen-bond acceptors (Lipinski definition) is 4. The van der Waals surface area contributed by atoms with Crippen molar-refractivity contribution in [3.05, 3.63) is 0 Å². The number of carbonyl (C=O) groups is 1. The SMILES string of the molecule is CCN(CC)CCCC(C)NC(=NC)NCCN(CC)C(=O)OC(C)(C)C. The van der Waals surface area contributed by atoms with Crippen LogP contribution in [0, 0.1) is 0 Å². The first-order valence-electron chi connectivity index (χ1n) is 10.3. The molecule has 160 valence electrons. The second-order valence-corrected chi connectivity index (χ2v) is 7.77. The largest absolute Gasteiger partial charge is 0.444 e. The van der Waals surface area contributed by atoms with Gasteiger partial charge in [0.2, 0.25) is 0 Å². The third-order valence-corrected chi connectivity index (χ3v) is 4.32. The lowest BCUT2D eigenvalue weighted by Crippen LogP contribution is -2.46. The van der Waals surface area contributed by atoms with Gasteiger partial charge in [-0.05, 0) is 67.1 Å². The van der Waals surface area contributed by atoms with Crippen molar-refractivity contribution in [2.75, 3.05) is 46.3 Å². The van der Waals surface area contributed by atoms with Crippen LogP contribution in [0.3, 0.4) is 0 Å². The van der Waals surface area contributed by atoms with Gasteiger partial charge in [0.25, 0.3) is 0 Å². The molecule has 1 unspecified atom stereocenters. The van der Waals surface area contributed by atoms with E-state index in [1.54, 1.807) is 11.9 Å². The highest BCUT2D eigenvalue weighted by Gasteiger charge is 2.20. The molecule has 0 spiro atoms. The van der Waals surface area contributed by atoms with E-state index in [0.717, 1.165) is 38.4 Å². The molecule has 1 amide bonds. The summed E-state index contributed by atoms with van der Waals surface area (Å²) in [6, 6.07) is 0.347. The van der Waals surface area contributed by atoms with Crippen LogP contribution in [-0.4, -0.2) is 79.8 Å². The Labute approximate surface area is 166 Å². The normalized spacial score (nSPS) is 13.4. The summed E-state index contributed by atoms with van der Waals surface area (Å²) in [5.41, 5.74) is -0.476. The second-order valence-electron chi connectivity index (χ2n) is 7.77. The number of carbonyl (C=O) groups excluding carboxylic acids is 1. The van der Waals surface area contributed by atoms with Crippen LogP contribution in [0.5, 0.6) is 0 Å². The number of hydrogen-bond donors (Lipinski definition) is 2. The van der Waals surface area contributed by atoms with E-state index in [-0.39, 0.29) is 6.09 Å². The van der Waals surface area contributed by atoms with Crippen LogP contribution in [0.4, 0.5) is 4.79 Å². The average Bonchev–Trinajstić information content (AvgIpc) is 2.59. The van der Waals surface area contributed by atoms with Crippen molar-refractivity contribution in [3.63, 3.8) is 0 Å². The van der Waals surface area contributed by atoms with E-state index in [0.29, 0.717) is 25.7 Å². The molecule has 0 saturated carbocycles. The third kappa shape index (κ3) is 12.5. The lowest BCUT2D eigenvalue weighted by Gasteiger charge is -2.27. The zero-order valence-corrected chi connectivity index (χ0v) is 18.9. The monoisotopic (exact) mass is 385 g/mol. The molecule has 0 rings (SSSR count). The van der Waals surface area contributed by atoms with Crippen LogP contribution in [0.1, 0.15) is 61.3 Å². The molecule has 27 heavy (non-hydrogen) atoms. The fraction of sp³-hybridized carbons (Fsp3) is 0.900. The van der Waals surface area contributed by atoms with E-state index in [9.17, 15) is 4.79 Å². The zero-order chi connectivity index (χ0) is 20.9. The highest BCUT2D eigenvalue weighted by Crippen LogP contribution is 2.09. The summed E-state index contributed by atoms with van der Waals surface area (Å²) in [6.07, 6.45) is 1.98. The molecule has 0 radical (unpaired) electrons. The van der Waals surface area contributed by atoms with Gasteiger partial charge in [0.05, 0.1) is 0 Å². The molecule has 2 N–H and O–H groups in total. The lowest BCUT2D eigenvalue weighted by molar-refractivity contribution is 0.0264. The van der Waals surface area contributed by atoms with Crippen molar-refractivity contribution in [2.45, 2.75) is 73.0 Å². The van der Waals surface area contributed by atoms with Crippen LogP contribution < -0.4 is 10.6 Å². The number of amides is 1. The Morgan fingerprint density at radius 3 is 2.22 bits per heavy atom. The minimum atomic E-state index is -0.476. The lowest BCUT2D eigenvalue weighted by atomic mass is 10.2. The molecule has 0 aromatic rings. The van der Waals surface area contributed by atoms with Crippen LogP contribution in [0.25, 0.3) is 0 Å². The van der Waals surface area contributed by atoms with Gasteiger partial charge in [-0.25, -0.2) is 4.79 Å². The first kappa shape index (κ1) is 25.5. The van der Waals surface area contributed by atoms with Gasteiger partial charge in [0, 0.05) is 32.7 Å². The molecule has 7 heteroatoms. The average molecular weight is 386 g/mol.